The first kappa shape index (κ1) is 15.5. The minimum Gasteiger partial charge on any atom is -0.332 e. The summed E-state index contributed by atoms with van der Waals surface area (Å²) in [6.07, 6.45) is -4.45. The number of amides is 1. The van der Waals surface area contributed by atoms with Gasteiger partial charge in [0.15, 0.2) is 0 Å². The molecule has 1 aromatic carbocycles. The predicted molar refractivity (Wildman–Crippen MR) is 66.6 cm³/mol. The molecule has 0 bridgehead atoms. The third-order valence-corrected chi connectivity index (χ3v) is 2.56. The average molecular weight is 274 g/mol. The molecular formula is C13H17F3N2O. The lowest BCUT2D eigenvalue weighted by Gasteiger charge is -2.23. The monoisotopic (exact) mass is 274 g/mol. The quantitative estimate of drug-likeness (QED) is 0.891. The number of carbonyl (C=O) groups is 1. The van der Waals surface area contributed by atoms with Gasteiger partial charge in [0.2, 0.25) is 5.91 Å². The molecule has 0 saturated carbocycles. The van der Waals surface area contributed by atoms with E-state index in [1.165, 1.54) is 0 Å². The Bertz CT molecular complexity index is 432. The van der Waals surface area contributed by atoms with Crippen molar-refractivity contribution in [2.45, 2.75) is 19.5 Å². The first-order chi connectivity index (χ1) is 8.81. The van der Waals surface area contributed by atoms with E-state index in [0.29, 0.717) is 5.56 Å². The van der Waals surface area contributed by atoms with Crippen LogP contribution >= 0.6 is 0 Å². The van der Waals surface area contributed by atoms with Crippen molar-refractivity contribution in [3.05, 3.63) is 35.4 Å². The highest BCUT2D eigenvalue weighted by Gasteiger charge is 2.32. The number of hydrogen-bond donors (Lipinski definition) is 1. The topological polar surface area (TPSA) is 46.3 Å². The number of benzene rings is 1. The third-order valence-electron chi connectivity index (χ3n) is 2.56. The Balaban J connectivity index is 2.71. The predicted octanol–water partition coefficient (Wildman–Crippen LogP) is 1.89. The number of nitrogens with zero attached hydrogens (tertiary/aromatic N) is 1. The van der Waals surface area contributed by atoms with Crippen molar-refractivity contribution in [2.24, 2.45) is 5.73 Å². The molecule has 0 spiro atoms. The Morgan fingerprint density at radius 2 is 2.05 bits per heavy atom. The molecule has 0 heterocycles. The van der Waals surface area contributed by atoms with Crippen LogP contribution in [0, 0.1) is 6.92 Å². The molecule has 0 fully saturated rings. The van der Waals surface area contributed by atoms with Gasteiger partial charge in [0.05, 0.1) is 6.42 Å². The van der Waals surface area contributed by atoms with E-state index >= 15 is 0 Å². The summed E-state index contributed by atoms with van der Waals surface area (Å²) in [6, 6.07) is 7.14. The van der Waals surface area contributed by atoms with Crippen molar-refractivity contribution in [1.29, 1.82) is 0 Å². The lowest BCUT2D eigenvalue weighted by molar-refractivity contribution is -0.160. The van der Waals surface area contributed by atoms with E-state index < -0.39 is 18.6 Å². The van der Waals surface area contributed by atoms with E-state index in [9.17, 15) is 18.0 Å². The molecule has 2 N–H and O–H groups in total. The van der Waals surface area contributed by atoms with E-state index in [2.05, 4.69) is 0 Å². The smallest absolute Gasteiger partial charge is 0.332 e. The van der Waals surface area contributed by atoms with Gasteiger partial charge in [-0.2, -0.15) is 13.2 Å². The lowest BCUT2D eigenvalue weighted by atomic mass is 10.1. The van der Waals surface area contributed by atoms with Crippen molar-refractivity contribution >= 4 is 5.91 Å². The highest BCUT2D eigenvalue weighted by Crippen LogP contribution is 2.17. The van der Waals surface area contributed by atoms with Crippen LogP contribution in [0.5, 0.6) is 0 Å². The van der Waals surface area contributed by atoms with Crippen LogP contribution in [0.25, 0.3) is 0 Å². The van der Waals surface area contributed by atoms with Gasteiger partial charge in [-0.05, 0) is 12.5 Å². The first-order valence-corrected chi connectivity index (χ1v) is 5.92. The van der Waals surface area contributed by atoms with Gasteiger partial charge in [-0.25, -0.2) is 0 Å². The highest BCUT2D eigenvalue weighted by atomic mass is 19.4. The van der Waals surface area contributed by atoms with Gasteiger partial charge in [0.25, 0.3) is 0 Å². The van der Waals surface area contributed by atoms with Crippen molar-refractivity contribution in [3.63, 3.8) is 0 Å². The average Bonchev–Trinajstić information content (AvgIpc) is 2.26. The van der Waals surface area contributed by atoms with Crippen LogP contribution in [0.2, 0.25) is 0 Å². The number of aryl methyl sites for hydroxylation is 1. The van der Waals surface area contributed by atoms with Crippen LogP contribution < -0.4 is 5.73 Å². The summed E-state index contributed by atoms with van der Waals surface area (Å²) in [6.45, 7) is 0.524. The molecule has 19 heavy (non-hydrogen) atoms. The molecule has 1 rings (SSSR count). The van der Waals surface area contributed by atoms with Crippen LogP contribution in [0.3, 0.4) is 0 Å². The zero-order valence-corrected chi connectivity index (χ0v) is 10.7. The second-order valence-electron chi connectivity index (χ2n) is 4.38. The molecule has 0 unspecified atom stereocenters. The largest absolute Gasteiger partial charge is 0.406 e. The maximum atomic E-state index is 12.4. The van der Waals surface area contributed by atoms with Crippen LogP contribution in [-0.2, 0) is 11.2 Å². The Kier molecular flexibility index (Phi) is 5.35. The van der Waals surface area contributed by atoms with Gasteiger partial charge in [0, 0.05) is 13.1 Å². The Hall–Kier alpha value is -1.56. The first-order valence-electron chi connectivity index (χ1n) is 5.92. The molecule has 0 aliphatic carbocycles. The number of hydrogen-bond acceptors (Lipinski definition) is 2. The zero-order valence-electron chi connectivity index (χ0n) is 10.7. The molecule has 0 aromatic heterocycles. The van der Waals surface area contributed by atoms with Crippen LogP contribution in [0.15, 0.2) is 24.3 Å². The molecule has 1 amide bonds. The second-order valence-corrected chi connectivity index (χ2v) is 4.38. The van der Waals surface area contributed by atoms with Crippen molar-refractivity contribution in [1.82, 2.24) is 4.90 Å². The van der Waals surface area contributed by atoms with Gasteiger partial charge in [0.1, 0.15) is 6.54 Å². The molecule has 0 aliphatic rings. The fourth-order valence-corrected chi connectivity index (χ4v) is 1.77. The number of halogens is 3. The molecule has 0 aliphatic heterocycles. The molecular weight excluding hydrogens is 257 g/mol. The van der Waals surface area contributed by atoms with Gasteiger partial charge in [-0.1, -0.05) is 29.8 Å². The van der Waals surface area contributed by atoms with E-state index in [1.54, 1.807) is 18.2 Å². The van der Waals surface area contributed by atoms with Gasteiger partial charge in [-0.15, -0.1) is 0 Å². The minimum atomic E-state index is -4.41. The van der Waals surface area contributed by atoms with Crippen molar-refractivity contribution in [3.8, 4) is 0 Å². The fourth-order valence-electron chi connectivity index (χ4n) is 1.77. The van der Waals surface area contributed by atoms with Crippen LogP contribution in [0.1, 0.15) is 11.1 Å². The fraction of sp³-hybridized carbons (Fsp3) is 0.462. The van der Waals surface area contributed by atoms with E-state index in [-0.39, 0.29) is 19.5 Å². The summed E-state index contributed by atoms with van der Waals surface area (Å²) in [5, 5.41) is 0. The van der Waals surface area contributed by atoms with E-state index in [1.807, 2.05) is 13.0 Å². The van der Waals surface area contributed by atoms with Crippen molar-refractivity contribution < 1.29 is 18.0 Å². The highest BCUT2D eigenvalue weighted by molar-refractivity contribution is 5.78. The molecule has 0 saturated heterocycles. The Labute approximate surface area is 110 Å². The third kappa shape index (κ3) is 5.74. The summed E-state index contributed by atoms with van der Waals surface area (Å²) in [5.74, 6) is -0.562. The zero-order chi connectivity index (χ0) is 14.5. The summed E-state index contributed by atoms with van der Waals surface area (Å²) in [7, 11) is 0. The standard InChI is InChI=1S/C13H17F3N2O/c1-10-3-2-4-11(7-10)8-12(19)18(6-5-17)9-13(14,15)16/h2-4,7H,5-6,8-9,17H2,1H3. The molecule has 3 nitrogen and oxygen atoms in total. The normalized spacial score (nSPS) is 11.4. The maximum Gasteiger partial charge on any atom is 0.406 e. The lowest BCUT2D eigenvalue weighted by Crippen LogP contribution is -2.42. The molecule has 0 radical (unpaired) electrons. The van der Waals surface area contributed by atoms with E-state index in [0.717, 1.165) is 10.5 Å². The molecule has 0 atom stereocenters. The van der Waals surface area contributed by atoms with Gasteiger partial charge in [-0.3, -0.25) is 4.79 Å². The van der Waals surface area contributed by atoms with E-state index in [4.69, 9.17) is 5.73 Å². The SMILES string of the molecule is Cc1cccc(CC(=O)N(CCN)CC(F)(F)F)c1. The maximum absolute atomic E-state index is 12.4. The summed E-state index contributed by atoms with van der Waals surface area (Å²) < 4.78 is 37.1. The molecule has 1 aromatic rings. The Morgan fingerprint density at radius 1 is 1.37 bits per heavy atom. The van der Waals surface area contributed by atoms with Crippen LogP contribution in [-0.4, -0.2) is 36.6 Å². The van der Waals surface area contributed by atoms with Crippen molar-refractivity contribution in [2.75, 3.05) is 19.6 Å². The number of carbonyl (C=O) groups excluding carboxylic acids is 1. The number of alkyl halides is 3. The summed E-state index contributed by atoms with van der Waals surface area (Å²) in [5.41, 5.74) is 6.91. The van der Waals surface area contributed by atoms with Gasteiger partial charge >= 0.3 is 6.18 Å². The number of nitrogens with two attached hydrogens (primary N) is 1. The Morgan fingerprint density at radius 3 is 2.58 bits per heavy atom. The summed E-state index contributed by atoms with van der Waals surface area (Å²) >= 11 is 0. The minimum absolute atomic E-state index is 0.00956. The van der Waals surface area contributed by atoms with Crippen LogP contribution in [0.4, 0.5) is 13.2 Å². The van der Waals surface area contributed by atoms with Gasteiger partial charge < -0.3 is 10.6 Å². The molecule has 106 valence electrons. The second kappa shape index (κ2) is 6.56. The molecule has 6 heteroatoms. The summed E-state index contributed by atoms with van der Waals surface area (Å²) in [4.78, 5) is 12.6. The number of rotatable bonds is 5.